The van der Waals surface area contributed by atoms with E-state index in [0.717, 1.165) is 38.2 Å². The fourth-order valence-corrected chi connectivity index (χ4v) is 2.78. The van der Waals surface area contributed by atoms with Crippen LogP contribution in [0.25, 0.3) is 0 Å². The zero-order chi connectivity index (χ0) is 12.4. The molecule has 2 aliphatic rings. The van der Waals surface area contributed by atoms with Gasteiger partial charge >= 0.3 is 0 Å². The van der Waals surface area contributed by atoms with Gasteiger partial charge in [0.2, 0.25) is 0 Å². The molecule has 1 aromatic rings. The third kappa shape index (κ3) is 2.57. The summed E-state index contributed by atoms with van der Waals surface area (Å²) in [5, 5.41) is 3.61. The second-order valence-corrected chi connectivity index (χ2v) is 5.56. The molecule has 0 atom stereocenters. The number of ether oxygens (including phenoxy) is 1. The molecule has 0 amide bonds. The Balaban J connectivity index is 1.82. The van der Waals surface area contributed by atoms with Crippen LogP contribution in [0.15, 0.2) is 24.3 Å². The van der Waals surface area contributed by atoms with Crippen LogP contribution in [-0.2, 0) is 10.2 Å². The van der Waals surface area contributed by atoms with Gasteiger partial charge in [-0.1, -0.05) is 12.1 Å². The zero-order valence-electron chi connectivity index (χ0n) is 10.6. The molecule has 0 bridgehead atoms. The first-order valence-electron chi connectivity index (χ1n) is 6.86. The topological polar surface area (TPSA) is 21.3 Å². The number of nitrogens with one attached hydrogen (secondary N) is 1. The predicted molar refractivity (Wildman–Crippen MR) is 69.2 cm³/mol. The lowest BCUT2D eigenvalue weighted by Crippen LogP contribution is -2.43. The molecule has 1 N–H and O–H groups in total. The van der Waals surface area contributed by atoms with Crippen LogP contribution < -0.4 is 5.32 Å². The molecule has 98 valence electrons. The lowest BCUT2D eigenvalue weighted by Gasteiger charge is -2.38. The van der Waals surface area contributed by atoms with Crippen molar-refractivity contribution in [2.45, 2.75) is 37.1 Å². The Bertz CT molecular complexity index is 411. The van der Waals surface area contributed by atoms with E-state index in [-0.39, 0.29) is 11.2 Å². The number of benzene rings is 1. The van der Waals surface area contributed by atoms with E-state index in [1.54, 1.807) is 6.07 Å². The Kier molecular flexibility index (Phi) is 3.35. The maximum atomic E-state index is 13.5. The molecule has 1 aliphatic carbocycles. The molecule has 1 heterocycles. The Labute approximate surface area is 108 Å². The van der Waals surface area contributed by atoms with Gasteiger partial charge in [0.05, 0.1) is 0 Å². The van der Waals surface area contributed by atoms with Gasteiger partial charge in [0, 0.05) is 31.2 Å². The summed E-state index contributed by atoms with van der Waals surface area (Å²) in [5.41, 5.74) is 1.18. The standard InChI is InChI=1S/C15H20FNO/c16-13-3-1-2-12(10-13)15(6-8-18-9-7-15)11-17-14-4-5-14/h1-3,10,14,17H,4-9,11H2. The Morgan fingerprint density at radius 3 is 2.72 bits per heavy atom. The van der Waals surface area contributed by atoms with Crippen molar-refractivity contribution >= 4 is 0 Å². The summed E-state index contributed by atoms with van der Waals surface area (Å²) in [4.78, 5) is 0. The largest absolute Gasteiger partial charge is 0.381 e. The lowest BCUT2D eigenvalue weighted by atomic mass is 9.74. The molecular formula is C15H20FNO. The molecular weight excluding hydrogens is 229 g/mol. The van der Waals surface area contributed by atoms with E-state index in [4.69, 9.17) is 4.74 Å². The first-order chi connectivity index (χ1) is 8.78. The molecule has 1 aromatic carbocycles. The van der Waals surface area contributed by atoms with Crippen molar-refractivity contribution in [3.63, 3.8) is 0 Å². The molecule has 1 aliphatic heterocycles. The van der Waals surface area contributed by atoms with Crippen molar-refractivity contribution in [3.05, 3.63) is 35.6 Å². The van der Waals surface area contributed by atoms with Gasteiger partial charge in [-0.3, -0.25) is 0 Å². The van der Waals surface area contributed by atoms with Gasteiger partial charge in [-0.15, -0.1) is 0 Å². The highest BCUT2D eigenvalue weighted by molar-refractivity contribution is 5.27. The maximum absolute atomic E-state index is 13.5. The van der Waals surface area contributed by atoms with E-state index in [0.29, 0.717) is 6.04 Å². The van der Waals surface area contributed by atoms with Crippen LogP contribution in [0.4, 0.5) is 4.39 Å². The van der Waals surface area contributed by atoms with Gasteiger partial charge in [0.1, 0.15) is 5.82 Å². The minimum atomic E-state index is -0.134. The van der Waals surface area contributed by atoms with Crippen molar-refractivity contribution in [1.82, 2.24) is 5.32 Å². The van der Waals surface area contributed by atoms with E-state index in [1.165, 1.54) is 18.9 Å². The average Bonchev–Trinajstić information content (AvgIpc) is 3.22. The third-order valence-corrected chi connectivity index (χ3v) is 4.19. The van der Waals surface area contributed by atoms with Crippen molar-refractivity contribution in [2.75, 3.05) is 19.8 Å². The van der Waals surface area contributed by atoms with Crippen LogP contribution in [0.2, 0.25) is 0 Å². The summed E-state index contributed by atoms with van der Waals surface area (Å²) in [6, 6.07) is 7.78. The maximum Gasteiger partial charge on any atom is 0.123 e. The fourth-order valence-electron chi connectivity index (χ4n) is 2.78. The Hall–Kier alpha value is -0.930. The van der Waals surface area contributed by atoms with Crippen LogP contribution in [0.3, 0.4) is 0 Å². The second kappa shape index (κ2) is 4.98. The summed E-state index contributed by atoms with van der Waals surface area (Å²) in [7, 11) is 0. The minimum absolute atomic E-state index is 0.0585. The Morgan fingerprint density at radius 2 is 2.06 bits per heavy atom. The molecule has 0 unspecified atom stereocenters. The first-order valence-corrected chi connectivity index (χ1v) is 6.86. The Morgan fingerprint density at radius 1 is 1.28 bits per heavy atom. The fraction of sp³-hybridized carbons (Fsp3) is 0.600. The van der Waals surface area contributed by atoms with Crippen molar-refractivity contribution in [2.24, 2.45) is 0 Å². The van der Waals surface area contributed by atoms with Gasteiger partial charge < -0.3 is 10.1 Å². The van der Waals surface area contributed by atoms with Crippen LogP contribution in [0, 0.1) is 5.82 Å². The first kappa shape index (κ1) is 12.1. The zero-order valence-corrected chi connectivity index (χ0v) is 10.6. The van der Waals surface area contributed by atoms with Gasteiger partial charge in [0.25, 0.3) is 0 Å². The van der Waals surface area contributed by atoms with E-state index in [2.05, 4.69) is 11.4 Å². The van der Waals surface area contributed by atoms with Crippen LogP contribution in [0.5, 0.6) is 0 Å². The lowest BCUT2D eigenvalue weighted by molar-refractivity contribution is 0.0496. The molecule has 0 spiro atoms. The molecule has 2 fully saturated rings. The van der Waals surface area contributed by atoms with Gasteiger partial charge in [0.15, 0.2) is 0 Å². The van der Waals surface area contributed by atoms with E-state index in [9.17, 15) is 4.39 Å². The summed E-state index contributed by atoms with van der Waals surface area (Å²) in [5.74, 6) is -0.134. The van der Waals surface area contributed by atoms with Crippen molar-refractivity contribution < 1.29 is 9.13 Å². The number of hydrogen-bond donors (Lipinski definition) is 1. The molecule has 1 saturated heterocycles. The highest BCUT2D eigenvalue weighted by Gasteiger charge is 2.36. The highest BCUT2D eigenvalue weighted by atomic mass is 19.1. The molecule has 0 aromatic heterocycles. The average molecular weight is 249 g/mol. The SMILES string of the molecule is Fc1cccc(C2(CNC3CC3)CCOCC2)c1. The smallest absolute Gasteiger partial charge is 0.123 e. The summed E-state index contributed by atoms with van der Waals surface area (Å²) >= 11 is 0. The van der Waals surface area contributed by atoms with Gasteiger partial charge in [-0.05, 0) is 43.4 Å². The number of halogens is 1. The monoisotopic (exact) mass is 249 g/mol. The minimum Gasteiger partial charge on any atom is -0.381 e. The van der Waals surface area contributed by atoms with Gasteiger partial charge in [-0.25, -0.2) is 4.39 Å². The number of hydrogen-bond acceptors (Lipinski definition) is 2. The summed E-state index contributed by atoms with van der Waals surface area (Å²) in [6.07, 6.45) is 4.54. The predicted octanol–water partition coefficient (Wildman–Crippen LogP) is 2.63. The highest BCUT2D eigenvalue weighted by Crippen LogP contribution is 2.35. The van der Waals surface area contributed by atoms with Gasteiger partial charge in [-0.2, -0.15) is 0 Å². The molecule has 18 heavy (non-hydrogen) atoms. The molecule has 0 radical (unpaired) electrons. The molecule has 3 heteroatoms. The van der Waals surface area contributed by atoms with E-state index < -0.39 is 0 Å². The molecule has 1 saturated carbocycles. The quantitative estimate of drug-likeness (QED) is 0.885. The molecule has 3 rings (SSSR count). The van der Waals surface area contributed by atoms with Crippen molar-refractivity contribution in [3.8, 4) is 0 Å². The van der Waals surface area contributed by atoms with Crippen LogP contribution >= 0.6 is 0 Å². The van der Waals surface area contributed by atoms with Crippen LogP contribution in [0.1, 0.15) is 31.2 Å². The van der Waals surface area contributed by atoms with E-state index in [1.807, 2.05) is 6.07 Å². The summed E-state index contributed by atoms with van der Waals surface area (Å²) < 4.78 is 18.9. The normalized spacial score (nSPS) is 22.9. The van der Waals surface area contributed by atoms with E-state index >= 15 is 0 Å². The third-order valence-electron chi connectivity index (χ3n) is 4.19. The summed E-state index contributed by atoms with van der Waals surface area (Å²) in [6.45, 7) is 2.51. The molecule has 2 nitrogen and oxygen atoms in total. The number of rotatable bonds is 4. The second-order valence-electron chi connectivity index (χ2n) is 5.56. The van der Waals surface area contributed by atoms with Crippen LogP contribution in [-0.4, -0.2) is 25.8 Å². The van der Waals surface area contributed by atoms with Crippen molar-refractivity contribution in [1.29, 1.82) is 0 Å².